The van der Waals surface area contributed by atoms with Crippen LogP contribution in [-0.4, -0.2) is 28.6 Å². The molecule has 0 aliphatic carbocycles. The van der Waals surface area contributed by atoms with Gasteiger partial charge in [0.15, 0.2) is 5.96 Å². The van der Waals surface area contributed by atoms with Gasteiger partial charge in [-0.1, -0.05) is 37.3 Å². The van der Waals surface area contributed by atoms with Crippen LogP contribution in [0.4, 0.5) is 0 Å². The number of hydrogen-bond acceptors (Lipinski definition) is 2. The second-order valence-corrected chi connectivity index (χ2v) is 5.08. The van der Waals surface area contributed by atoms with Crippen LogP contribution >= 0.6 is 0 Å². The van der Waals surface area contributed by atoms with Crippen molar-refractivity contribution >= 4 is 5.96 Å². The summed E-state index contributed by atoms with van der Waals surface area (Å²) < 4.78 is 2.14. The van der Waals surface area contributed by atoms with Crippen LogP contribution < -0.4 is 10.6 Å². The third-order valence-electron chi connectivity index (χ3n) is 3.26. The van der Waals surface area contributed by atoms with Crippen LogP contribution in [0.1, 0.15) is 31.7 Å². The van der Waals surface area contributed by atoms with E-state index >= 15 is 0 Å². The van der Waals surface area contributed by atoms with E-state index < -0.39 is 0 Å². The molecule has 0 unspecified atom stereocenters. The fourth-order valence-electron chi connectivity index (χ4n) is 2.15. The maximum Gasteiger partial charge on any atom is 0.191 e. The van der Waals surface area contributed by atoms with Gasteiger partial charge in [0.05, 0.1) is 0 Å². The van der Waals surface area contributed by atoms with E-state index in [1.807, 2.05) is 18.5 Å². The second-order valence-electron chi connectivity index (χ2n) is 5.08. The molecule has 0 aliphatic heterocycles. The van der Waals surface area contributed by atoms with Crippen molar-refractivity contribution in [2.24, 2.45) is 4.99 Å². The third kappa shape index (κ3) is 4.91. The number of rotatable bonds is 7. The molecule has 0 fully saturated rings. The van der Waals surface area contributed by atoms with Crippen LogP contribution in [0.2, 0.25) is 0 Å². The average Bonchev–Trinajstić information content (AvgIpc) is 2.98. The van der Waals surface area contributed by atoms with Gasteiger partial charge < -0.3 is 15.2 Å². The molecule has 118 valence electrons. The highest BCUT2D eigenvalue weighted by Crippen LogP contribution is 2.06. The van der Waals surface area contributed by atoms with Crippen LogP contribution in [0.15, 0.2) is 47.7 Å². The Labute approximate surface area is 132 Å². The van der Waals surface area contributed by atoms with Gasteiger partial charge in [-0.2, -0.15) is 0 Å². The fraction of sp³-hybridized carbons (Fsp3) is 0.412. The van der Waals surface area contributed by atoms with Crippen LogP contribution in [0.5, 0.6) is 0 Å². The molecule has 0 aliphatic rings. The first-order chi connectivity index (χ1) is 10.8. The lowest BCUT2D eigenvalue weighted by atomic mass is 10.2. The molecule has 0 bridgehead atoms. The van der Waals surface area contributed by atoms with E-state index in [1.165, 1.54) is 5.56 Å². The van der Waals surface area contributed by atoms with E-state index in [-0.39, 0.29) is 0 Å². The minimum atomic E-state index is 0.568. The molecule has 0 saturated heterocycles. The topological polar surface area (TPSA) is 54.2 Å². The van der Waals surface area contributed by atoms with Crippen molar-refractivity contribution in [1.29, 1.82) is 0 Å². The summed E-state index contributed by atoms with van der Waals surface area (Å²) in [5.74, 6) is 1.82. The normalized spacial score (nSPS) is 11.5. The Hall–Kier alpha value is -2.30. The van der Waals surface area contributed by atoms with E-state index in [4.69, 9.17) is 0 Å². The zero-order chi connectivity index (χ0) is 15.6. The number of nitrogens with zero attached hydrogens (tertiary/aromatic N) is 3. The van der Waals surface area contributed by atoms with Crippen LogP contribution in [0.25, 0.3) is 0 Å². The minimum absolute atomic E-state index is 0.568. The highest BCUT2D eigenvalue weighted by molar-refractivity contribution is 5.79. The summed E-state index contributed by atoms with van der Waals surface area (Å²) in [4.78, 5) is 9.03. The fourth-order valence-corrected chi connectivity index (χ4v) is 2.15. The number of aliphatic imine (C=N–C) groups is 1. The van der Waals surface area contributed by atoms with Gasteiger partial charge in [0.2, 0.25) is 0 Å². The number of aromatic nitrogens is 2. The van der Waals surface area contributed by atoms with Gasteiger partial charge in [-0.05, 0) is 18.9 Å². The number of benzene rings is 1. The zero-order valence-corrected chi connectivity index (χ0v) is 13.4. The van der Waals surface area contributed by atoms with Crippen LogP contribution in [0, 0.1) is 0 Å². The van der Waals surface area contributed by atoms with Crippen LogP contribution in [0.3, 0.4) is 0 Å². The maximum atomic E-state index is 4.61. The highest BCUT2D eigenvalue weighted by Gasteiger charge is 2.04. The van der Waals surface area contributed by atoms with Crippen molar-refractivity contribution in [2.45, 2.75) is 33.4 Å². The zero-order valence-electron chi connectivity index (χ0n) is 13.4. The summed E-state index contributed by atoms with van der Waals surface area (Å²) in [5, 5.41) is 6.55. The summed E-state index contributed by atoms with van der Waals surface area (Å²) in [6, 6.07) is 10.4. The van der Waals surface area contributed by atoms with Crippen molar-refractivity contribution in [3.8, 4) is 0 Å². The van der Waals surface area contributed by atoms with E-state index in [0.29, 0.717) is 6.54 Å². The molecule has 0 atom stereocenters. The van der Waals surface area contributed by atoms with Crippen molar-refractivity contribution in [2.75, 3.05) is 13.1 Å². The van der Waals surface area contributed by atoms with E-state index in [9.17, 15) is 0 Å². The Morgan fingerprint density at radius 2 is 2.00 bits per heavy atom. The molecule has 1 heterocycles. The third-order valence-corrected chi connectivity index (χ3v) is 3.26. The summed E-state index contributed by atoms with van der Waals surface area (Å²) in [6.45, 7) is 7.38. The Balaban J connectivity index is 2.02. The Morgan fingerprint density at radius 3 is 2.73 bits per heavy atom. The van der Waals surface area contributed by atoms with Gasteiger partial charge in [-0.15, -0.1) is 0 Å². The van der Waals surface area contributed by atoms with E-state index in [2.05, 4.69) is 63.3 Å². The van der Waals surface area contributed by atoms with E-state index in [1.54, 1.807) is 0 Å². The quantitative estimate of drug-likeness (QED) is 0.610. The molecular weight excluding hydrogens is 274 g/mol. The lowest BCUT2D eigenvalue weighted by molar-refractivity contribution is 0.715. The van der Waals surface area contributed by atoms with Crippen molar-refractivity contribution in [3.05, 3.63) is 54.1 Å². The summed E-state index contributed by atoms with van der Waals surface area (Å²) in [7, 11) is 0. The molecule has 1 aromatic heterocycles. The lowest BCUT2D eigenvalue weighted by Gasteiger charge is -2.11. The van der Waals surface area contributed by atoms with Crippen LogP contribution in [-0.2, 0) is 13.1 Å². The first kappa shape index (κ1) is 16.1. The Bertz CT molecular complexity index is 574. The Kier molecular flexibility index (Phi) is 6.48. The van der Waals surface area contributed by atoms with Gasteiger partial charge in [0, 0.05) is 32.0 Å². The van der Waals surface area contributed by atoms with Crippen molar-refractivity contribution in [1.82, 2.24) is 20.2 Å². The molecule has 22 heavy (non-hydrogen) atoms. The lowest BCUT2D eigenvalue weighted by Crippen LogP contribution is -2.37. The summed E-state index contributed by atoms with van der Waals surface area (Å²) in [5.41, 5.74) is 1.27. The molecule has 2 N–H and O–H groups in total. The molecular formula is C17H25N5. The van der Waals surface area contributed by atoms with Crippen molar-refractivity contribution in [3.63, 3.8) is 0 Å². The largest absolute Gasteiger partial charge is 0.357 e. The number of guanidine groups is 1. The number of imidazole rings is 1. The molecule has 5 nitrogen and oxygen atoms in total. The highest BCUT2D eigenvalue weighted by atomic mass is 15.2. The Morgan fingerprint density at radius 1 is 1.18 bits per heavy atom. The smallest absolute Gasteiger partial charge is 0.191 e. The first-order valence-corrected chi connectivity index (χ1v) is 7.89. The average molecular weight is 299 g/mol. The van der Waals surface area contributed by atoms with Gasteiger partial charge in [-0.25, -0.2) is 9.98 Å². The maximum absolute atomic E-state index is 4.61. The summed E-state index contributed by atoms with van der Waals surface area (Å²) >= 11 is 0. The van der Waals surface area contributed by atoms with Gasteiger partial charge in [-0.3, -0.25) is 0 Å². The number of nitrogens with one attached hydrogen (secondary N) is 2. The van der Waals surface area contributed by atoms with Crippen molar-refractivity contribution < 1.29 is 0 Å². The molecule has 5 heteroatoms. The minimum Gasteiger partial charge on any atom is -0.357 e. The van der Waals surface area contributed by atoms with Gasteiger partial charge in [0.1, 0.15) is 12.4 Å². The first-order valence-electron chi connectivity index (χ1n) is 7.89. The molecule has 0 saturated carbocycles. The standard InChI is InChI=1S/C17H25N5/c1-3-10-20-17(18-4-2)21-13-16-19-11-12-22(16)14-15-8-6-5-7-9-15/h5-9,11-12H,3-4,10,13-14H2,1-2H3,(H2,18,20,21). The van der Waals surface area contributed by atoms with Gasteiger partial charge >= 0.3 is 0 Å². The molecule has 2 rings (SSSR count). The number of hydrogen-bond donors (Lipinski definition) is 2. The van der Waals surface area contributed by atoms with Gasteiger partial charge in [0.25, 0.3) is 0 Å². The molecule has 2 aromatic rings. The molecule has 1 aromatic carbocycles. The predicted molar refractivity (Wildman–Crippen MR) is 90.9 cm³/mol. The molecule has 0 radical (unpaired) electrons. The second kappa shape index (κ2) is 8.87. The molecule has 0 amide bonds. The van der Waals surface area contributed by atoms with E-state index in [0.717, 1.165) is 37.8 Å². The summed E-state index contributed by atoms with van der Waals surface area (Å²) in [6.07, 6.45) is 4.91. The monoisotopic (exact) mass is 299 g/mol. The molecule has 0 spiro atoms. The SMILES string of the molecule is CCCNC(=NCc1nccn1Cc1ccccc1)NCC. The predicted octanol–water partition coefficient (Wildman–Crippen LogP) is 2.40.